The van der Waals surface area contributed by atoms with Crippen molar-refractivity contribution < 1.29 is 13.6 Å². The number of benzene rings is 1. The third kappa shape index (κ3) is 3.49. The van der Waals surface area contributed by atoms with Gasteiger partial charge in [-0.1, -0.05) is 6.07 Å². The van der Waals surface area contributed by atoms with E-state index in [1.807, 2.05) is 0 Å². The molecule has 1 aromatic carbocycles. The zero-order valence-corrected chi connectivity index (χ0v) is 9.89. The van der Waals surface area contributed by atoms with Gasteiger partial charge in [0.25, 0.3) is 5.91 Å². The Balaban J connectivity index is 2.79. The van der Waals surface area contributed by atoms with Gasteiger partial charge in [-0.15, -0.1) is 0 Å². The average molecular weight is 242 g/mol. The lowest BCUT2D eigenvalue weighted by Crippen LogP contribution is -2.30. The van der Waals surface area contributed by atoms with Crippen molar-refractivity contribution in [3.8, 4) is 0 Å². The molecule has 1 amide bonds. The fourth-order valence-corrected chi connectivity index (χ4v) is 1.37. The summed E-state index contributed by atoms with van der Waals surface area (Å²) in [4.78, 5) is 11.6. The van der Waals surface area contributed by atoms with Crippen molar-refractivity contribution in [1.29, 1.82) is 0 Å². The second-order valence-electron chi connectivity index (χ2n) is 4.08. The largest absolute Gasteiger partial charge is 0.352 e. The molecule has 1 atom stereocenters. The lowest BCUT2D eigenvalue weighted by atomic mass is 10.1. The molecule has 0 saturated carbocycles. The molecule has 5 heteroatoms. The van der Waals surface area contributed by atoms with E-state index >= 15 is 0 Å². The zero-order valence-electron chi connectivity index (χ0n) is 9.89. The maximum Gasteiger partial charge on any atom is 0.257 e. The third-order valence-electron chi connectivity index (χ3n) is 2.40. The molecular weight excluding hydrogens is 226 g/mol. The van der Waals surface area contributed by atoms with Gasteiger partial charge in [0.05, 0.1) is 0 Å². The Bertz CT molecular complexity index is 419. The second kappa shape index (κ2) is 5.72. The molecule has 0 fully saturated rings. The van der Waals surface area contributed by atoms with Crippen LogP contribution < -0.4 is 11.1 Å². The number of carbonyl (C=O) groups excluding carboxylic acids is 1. The highest BCUT2D eigenvalue weighted by Crippen LogP contribution is 2.15. The number of aryl methyl sites for hydroxylation is 1. The van der Waals surface area contributed by atoms with Crippen LogP contribution >= 0.6 is 0 Å². The standard InChI is InChI=1S/C12H16F2N2O/c1-7-3-4-9(13)10(11(7)14)12(17)16-6-5-8(2)15/h3-4,8H,5-6,15H2,1-2H3,(H,16,17). The van der Waals surface area contributed by atoms with Crippen molar-refractivity contribution >= 4 is 5.91 Å². The van der Waals surface area contributed by atoms with Crippen molar-refractivity contribution in [2.75, 3.05) is 6.54 Å². The number of carbonyl (C=O) groups is 1. The van der Waals surface area contributed by atoms with Crippen molar-refractivity contribution in [2.24, 2.45) is 5.73 Å². The quantitative estimate of drug-likeness (QED) is 0.845. The highest BCUT2D eigenvalue weighted by Gasteiger charge is 2.18. The van der Waals surface area contributed by atoms with Gasteiger partial charge in [-0.05, 0) is 31.9 Å². The predicted molar refractivity (Wildman–Crippen MR) is 61.7 cm³/mol. The normalized spacial score (nSPS) is 12.3. The number of hydrogen-bond donors (Lipinski definition) is 2. The molecule has 0 radical (unpaired) electrons. The van der Waals surface area contributed by atoms with Crippen molar-refractivity contribution in [1.82, 2.24) is 5.32 Å². The minimum absolute atomic E-state index is 0.0671. The van der Waals surface area contributed by atoms with Gasteiger partial charge in [0.1, 0.15) is 17.2 Å². The summed E-state index contributed by atoms with van der Waals surface area (Å²) in [5.41, 5.74) is 5.21. The summed E-state index contributed by atoms with van der Waals surface area (Å²) in [6.45, 7) is 3.57. The molecule has 3 N–H and O–H groups in total. The van der Waals surface area contributed by atoms with Crippen molar-refractivity contribution in [3.63, 3.8) is 0 Å². The SMILES string of the molecule is Cc1ccc(F)c(C(=O)NCCC(C)N)c1F. The lowest BCUT2D eigenvalue weighted by Gasteiger charge is -2.09. The molecule has 0 heterocycles. The highest BCUT2D eigenvalue weighted by atomic mass is 19.1. The van der Waals surface area contributed by atoms with E-state index in [-0.39, 0.29) is 11.6 Å². The molecule has 0 aliphatic rings. The highest BCUT2D eigenvalue weighted by molar-refractivity contribution is 5.94. The summed E-state index contributed by atoms with van der Waals surface area (Å²) >= 11 is 0. The van der Waals surface area contributed by atoms with Gasteiger partial charge in [0.2, 0.25) is 0 Å². The number of nitrogens with two attached hydrogens (primary N) is 1. The molecule has 17 heavy (non-hydrogen) atoms. The summed E-state index contributed by atoms with van der Waals surface area (Å²) in [6.07, 6.45) is 0.556. The molecule has 0 saturated heterocycles. The van der Waals surface area contributed by atoms with E-state index < -0.39 is 23.1 Å². The van der Waals surface area contributed by atoms with Gasteiger partial charge in [0.15, 0.2) is 0 Å². The summed E-state index contributed by atoms with van der Waals surface area (Å²) in [6, 6.07) is 2.31. The number of nitrogens with one attached hydrogen (secondary N) is 1. The number of rotatable bonds is 4. The Morgan fingerprint density at radius 3 is 2.71 bits per heavy atom. The van der Waals surface area contributed by atoms with Crippen molar-refractivity contribution in [2.45, 2.75) is 26.3 Å². The van der Waals surface area contributed by atoms with Crippen LogP contribution in [0.25, 0.3) is 0 Å². The summed E-state index contributed by atoms with van der Waals surface area (Å²) < 4.78 is 26.9. The van der Waals surface area contributed by atoms with E-state index in [1.165, 1.54) is 13.0 Å². The van der Waals surface area contributed by atoms with Crippen LogP contribution in [0, 0.1) is 18.6 Å². The smallest absolute Gasteiger partial charge is 0.257 e. The molecule has 0 bridgehead atoms. The van der Waals surface area contributed by atoms with Gasteiger partial charge in [0, 0.05) is 12.6 Å². The van der Waals surface area contributed by atoms with E-state index in [4.69, 9.17) is 5.73 Å². The van der Waals surface area contributed by atoms with Crippen LogP contribution in [-0.4, -0.2) is 18.5 Å². The van der Waals surface area contributed by atoms with E-state index in [2.05, 4.69) is 5.32 Å². The maximum absolute atomic E-state index is 13.6. The Kier molecular flexibility index (Phi) is 4.57. The minimum Gasteiger partial charge on any atom is -0.352 e. The predicted octanol–water partition coefficient (Wildman–Crippen LogP) is 1.74. The second-order valence-corrected chi connectivity index (χ2v) is 4.08. The first-order valence-electron chi connectivity index (χ1n) is 5.42. The van der Waals surface area contributed by atoms with Crippen LogP contribution in [0.2, 0.25) is 0 Å². The molecule has 3 nitrogen and oxygen atoms in total. The van der Waals surface area contributed by atoms with Crippen LogP contribution in [0.3, 0.4) is 0 Å². The fourth-order valence-electron chi connectivity index (χ4n) is 1.37. The van der Waals surface area contributed by atoms with Crippen LogP contribution in [0.15, 0.2) is 12.1 Å². The van der Waals surface area contributed by atoms with Crippen molar-refractivity contribution in [3.05, 3.63) is 34.9 Å². The average Bonchev–Trinajstić information content (AvgIpc) is 2.23. The maximum atomic E-state index is 13.6. The van der Waals surface area contributed by atoms with Crippen LogP contribution in [0.1, 0.15) is 29.3 Å². The first kappa shape index (κ1) is 13.6. The van der Waals surface area contributed by atoms with Gasteiger partial charge in [-0.3, -0.25) is 4.79 Å². The van der Waals surface area contributed by atoms with Crippen LogP contribution in [0.4, 0.5) is 8.78 Å². The molecule has 94 valence electrons. The van der Waals surface area contributed by atoms with Gasteiger partial charge in [-0.2, -0.15) is 0 Å². The van der Waals surface area contributed by atoms with Gasteiger partial charge >= 0.3 is 0 Å². The van der Waals surface area contributed by atoms with E-state index in [9.17, 15) is 13.6 Å². The van der Waals surface area contributed by atoms with Crippen LogP contribution in [0.5, 0.6) is 0 Å². The Hall–Kier alpha value is -1.49. The number of hydrogen-bond acceptors (Lipinski definition) is 2. The van der Waals surface area contributed by atoms with E-state index in [1.54, 1.807) is 6.92 Å². The van der Waals surface area contributed by atoms with E-state index in [0.29, 0.717) is 13.0 Å². The Morgan fingerprint density at radius 1 is 1.47 bits per heavy atom. The fraction of sp³-hybridized carbons (Fsp3) is 0.417. The van der Waals surface area contributed by atoms with Gasteiger partial charge < -0.3 is 11.1 Å². The summed E-state index contributed by atoms with van der Waals surface area (Å²) in [5, 5.41) is 2.44. The topological polar surface area (TPSA) is 55.1 Å². The Labute approximate surface area is 99.0 Å². The number of halogens is 2. The first-order valence-corrected chi connectivity index (χ1v) is 5.42. The zero-order chi connectivity index (χ0) is 13.0. The molecule has 1 rings (SSSR count). The summed E-state index contributed by atoms with van der Waals surface area (Å²) in [5.74, 6) is -2.42. The molecule has 0 aliphatic heterocycles. The molecule has 0 aromatic heterocycles. The molecule has 0 spiro atoms. The van der Waals surface area contributed by atoms with Crippen LogP contribution in [-0.2, 0) is 0 Å². The molecule has 1 unspecified atom stereocenters. The third-order valence-corrected chi connectivity index (χ3v) is 2.40. The minimum atomic E-state index is -0.855. The van der Waals surface area contributed by atoms with E-state index in [0.717, 1.165) is 6.07 Å². The van der Waals surface area contributed by atoms with Gasteiger partial charge in [-0.25, -0.2) is 8.78 Å². The monoisotopic (exact) mass is 242 g/mol. The Morgan fingerprint density at radius 2 is 2.12 bits per heavy atom. The number of amides is 1. The lowest BCUT2D eigenvalue weighted by molar-refractivity contribution is 0.0944. The first-order chi connectivity index (χ1) is 7.93. The molecule has 1 aromatic rings. The molecule has 0 aliphatic carbocycles. The summed E-state index contributed by atoms with van der Waals surface area (Å²) in [7, 11) is 0. The molecular formula is C12H16F2N2O.